The van der Waals surface area contributed by atoms with Gasteiger partial charge in [-0.2, -0.15) is 0 Å². The molecule has 1 atom stereocenters. The Morgan fingerprint density at radius 1 is 1.25 bits per heavy atom. The Hall–Kier alpha value is -2.80. The summed E-state index contributed by atoms with van der Waals surface area (Å²) in [5, 5.41) is 0. The van der Waals surface area contributed by atoms with Crippen molar-refractivity contribution in [3.63, 3.8) is 0 Å². The van der Waals surface area contributed by atoms with Gasteiger partial charge in [-0.1, -0.05) is 6.07 Å². The molecule has 6 nitrogen and oxygen atoms in total. The Bertz CT molecular complexity index is 925. The van der Waals surface area contributed by atoms with Crippen molar-refractivity contribution in [3.8, 4) is 0 Å². The molecule has 4 rings (SSSR count). The Morgan fingerprint density at radius 3 is 2.64 bits per heavy atom. The molecule has 0 bridgehead atoms. The molecular weight excluding hydrogens is 361 g/mol. The van der Waals surface area contributed by atoms with Crippen molar-refractivity contribution >= 4 is 17.5 Å². The lowest BCUT2D eigenvalue weighted by molar-refractivity contribution is -0.150. The molecule has 0 aliphatic carbocycles. The number of nitrogens with zero attached hydrogens (tertiary/aromatic N) is 3. The summed E-state index contributed by atoms with van der Waals surface area (Å²) >= 11 is 0. The van der Waals surface area contributed by atoms with E-state index in [0.29, 0.717) is 42.9 Å². The number of aryl methyl sites for hydroxylation is 1. The third kappa shape index (κ3) is 2.77. The van der Waals surface area contributed by atoms with Crippen LogP contribution in [0.5, 0.6) is 0 Å². The quantitative estimate of drug-likeness (QED) is 0.765. The first kappa shape index (κ1) is 18.6. The second kappa shape index (κ2) is 6.98. The highest BCUT2D eigenvalue weighted by molar-refractivity contribution is 6.07. The van der Waals surface area contributed by atoms with Crippen molar-refractivity contribution in [1.29, 1.82) is 0 Å². The topological polar surface area (TPSA) is 62.7 Å². The van der Waals surface area contributed by atoms with Crippen molar-refractivity contribution in [3.05, 3.63) is 59.7 Å². The number of likely N-dealkylation sites (tertiary alicyclic amines) is 1. The van der Waals surface area contributed by atoms with E-state index in [9.17, 15) is 14.0 Å². The molecule has 0 saturated carbocycles. The number of pyridine rings is 1. The molecule has 2 amide bonds. The van der Waals surface area contributed by atoms with Crippen LogP contribution in [0.15, 0.2) is 42.6 Å². The first-order chi connectivity index (χ1) is 13.5. The average molecular weight is 383 g/mol. The summed E-state index contributed by atoms with van der Waals surface area (Å²) in [6.45, 7) is 2.80. The number of piperidine rings is 1. The highest BCUT2D eigenvalue weighted by atomic mass is 19.1. The van der Waals surface area contributed by atoms with Gasteiger partial charge in [0.15, 0.2) is 6.10 Å². The Morgan fingerprint density at radius 2 is 2.00 bits per heavy atom. The summed E-state index contributed by atoms with van der Waals surface area (Å²) in [6, 6.07) is 9.57. The molecule has 1 aromatic heterocycles. The fourth-order valence-corrected chi connectivity index (χ4v) is 4.40. The van der Waals surface area contributed by atoms with Crippen molar-refractivity contribution < 1.29 is 18.7 Å². The lowest BCUT2D eigenvalue weighted by Crippen LogP contribution is -2.78. The minimum atomic E-state index is -0.576. The van der Waals surface area contributed by atoms with Crippen LogP contribution >= 0.6 is 0 Å². The maximum Gasteiger partial charge on any atom is 0.259 e. The number of benzene rings is 1. The summed E-state index contributed by atoms with van der Waals surface area (Å²) in [4.78, 5) is 33.1. The van der Waals surface area contributed by atoms with Crippen LogP contribution in [0.25, 0.3) is 0 Å². The maximum absolute atomic E-state index is 13.7. The van der Waals surface area contributed by atoms with Gasteiger partial charge in [0.2, 0.25) is 0 Å². The minimum absolute atomic E-state index is 0.0580. The second-order valence-electron chi connectivity index (χ2n) is 7.30. The number of β-lactam (4-membered cyclic amide) rings is 1. The number of aromatic nitrogens is 1. The van der Waals surface area contributed by atoms with Crippen LogP contribution in [0.2, 0.25) is 0 Å². The SMILES string of the molecule is COC1C(=O)N(c2cccc(F)c2)C12CCN(C(=O)c1cccnc1C)CC2. The number of anilines is 1. The monoisotopic (exact) mass is 383 g/mol. The van der Waals surface area contributed by atoms with Crippen molar-refractivity contribution in [1.82, 2.24) is 9.88 Å². The molecule has 0 radical (unpaired) electrons. The summed E-state index contributed by atoms with van der Waals surface area (Å²) in [6.07, 6.45) is 2.22. The molecule has 2 aliphatic heterocycles. The molecule has 7 heteroatoms. The molecule has 28 heavy (non-hydrogen) atoms. The zero-order valence-corrected chi connectivity index (χ0v) is 15.9. The zero-order chi connectivity index (χ0) is 19.9. The number of hydrogen-bond donors (Lipinski definition) is 0. The Balaban J connectivity index is 1.56. The number of amides is 2. The fourth-order valence-electron chi connectivity index (χ4n) is 4.40. The van der Waals surface area contributed by atoms with Crippen molar-refractivity contribution in [2.24, 2.45) is 0 Å². The van der Waals surface area contributed by atoms with E-state index in [1.165, 1.54) is 19.2 Å². The fraction of sp³-hybridized carbons (Fsp3) is 0.381. The third-order valence-electron chi connectivity index (χ3n) is 5.83. The lowest BCUT2D eigenvalue weighted by Gasteiger charge is -2.59. The molecule has 1 aromatic carbocycles. The van der Waals surface area contributed by atoms with Gasteiger partial charge >= 0.3 is 0 Å². The largest absolute Gasteiger partial charge is 0.369 e. The van der Waals surface area contributed by atoms with E-state index in [1.54, 1.807) is 40.3 Å². The van der Waals surface area contributed by atoms with Crippen LogP contribution in [-0.4, -0.2) is 53.5 Å². The molecular formula is C21H22FN3O3. The van der Waals surface area contributed by atoms with Crippen molar-refractivity contribution in [2.45, 2.75) is 31.4 Å². The van der Waals surface area contributed by atoms with Gasteiger partial charge in [-0.3, -0.25) is 14.6 Å². The van der Waals surface area contributed by atoms with Crippen LogP contribution in [0.4, 0.5) is 10.1 Å². The van der Waals surface area contributed by atoms with Gasteiger partial charge in [-0.05, 0) is 50.1 Å². The Kier molecular flexibility index (Phi) is 4.63. The maximum atomic E-state index is 13.7. The molecule has 2 aromatic rings. The predicted molar refractivity (Wildman–Crippen MR) is 102 cm³/mol. The molecule has 146 valence electrons. The minimum Gasteiger partial charge on any atom is -0.369 e. The third-order valence-corrected chi connectivity index (χ3v) is 5.83. The molecule has 1 spiro atoms. The first-order valence-corrected chi connectivity index (χ1v) is 9.31. The summed E-state index contributed by atoms with van der Waals surface area (Å²) in [7, 11) is 1.52. The first-order valence-electron chi connectivity index (χ1n) is 9.31. The van der Waals surface area contributed by atoms with E-state index in [0.717, 1.165) is 0 Å². The second-order valence-corrected chi connectivity index (χ2v) is 7.30. The molecule has 0 N–H and O–H groups in total. The smallest absolute Gasteiger partial charge is 0.259 e. The van der Waals surface area contributed by atoms with Crippen LogP contribution in [-0.2, 0) is 9.53 Å². The van der Waals surface area contributed by atoms with E-state index in [-0.39, 0.29) is 17.6 Å². The normalized spacial score (nSPS) is 21.0. The van der Waals surface area contributed by atoms with E-state index < -0.39 is 11.6 Å². The summed E-state index contributed by atoms with van der Waals surface area (Å²) < 4.78 is 19.2. The van der Waals surface area contributed by atoms with Crippen LogP contribution < -0.4 is 4.90 Å². The number of hydrogen-bond acceptors (Lipinski definition) is 4. The summed E-state index contributed by atoms with van der Waals surface area (Å²) in [5.74, 6) is -0.616. The molecule has 2 aliphatic rings. The number of halogens is 1. The van der Waals surface area contributed by atoms with Gasteiger partial charge in [0.05, 0.1) is 11.1 Å². The van der Waals surface area contributed by atoms with E-state index in [4.69, 9.17) is 4.74 Å². The molecule has 1 unspecified atom stereocenters. The van der Waals surface area contributed by atoms with Gasteiger partial charge in [0, 0.05) is 37.8 Å². The van der Waals surface area contributed by atoms with E-state index in [2.05, 4.69) is 4.98 Å². The van der Waals surface area contributed by atoms with Crippen LogP contribution in [0.3, 0.4) is 0 Å². The zero-order valence-electron chi connectivity index (χ0n) is 15.9. The van der Waals surface area contributed by atoms with Gasteiger partial charge in [-0.15, -0.1) is 0 Å². The standard InChI is InChI=1S/C21H22FN3O3/c1-14-17(7-4-10-23-14)19(26)24-11-8-21(9-12-24)18(28-2)20(27)25(21)16-6-3-5-15(22)13-16/h3-7,10,13,18H,8-9,11-12H2,1-2H3. The lowest BCUT2D eigenvalue weighted by atomic mass is 9.72. The molecule has 2 fully saturated rings. The van der Waals surface area contributed by atoms with Gasteiger partial charge in [0.1, 0.15) is 5.82 Å². The highest BCUT2D eigenvalue weighted by Crippen LogP contribution is 2.45. The number of rotatable bonds is 3. The average Bonchev–Trinajstić information content (AvgIpc) is 2.69. The van der Waals surface area contributed by atoms with E-state index in [1.807, 2.05) is 6.92 Å². The highest BCUT2D eigenvalue weighted by Gasteiger charge is 2.62. The molecule has 2 saturated heterocycles. The van der Waals surface area contributed by atoms with Crippen LogP contribution in [0, 0.1) is 12.7 Å². The summed E-state index contributed by atoms with van der Waals surface area (Å²) in [5.41, 5.74) is 1.26. The van der Waals surface area contributed by atoms with Crippen molar-refractivity contribution in [2.75, 3.05) is 25.1 Å². The van der Waals surface area contributed by atoms with Gasteiger partial charge in [-0.25, -0.2) is 4.39 Å². The van der Waals surface area contributed by atoms with E-state index >= 15 is 0 Å². The number of methoxy groups -OCH3 is 1. The van der Waals surface area contributed by atoms with Gasteiger partial charge in [0.25, 0.3) is 11.8 Å². The number of carbonyl (C=O) groups is 2. The predicted octanol–water partition coefficient (Wildman–Crippen LogP) is 2.57. The van der Waals surface area contributed by atoms with Crippen LogP contribution in [0.1, 0.15) is 28.9 Å². The van der Waals surface area contributed by atoms with Gasteiger partial charge < -0.3 is 14.5 Å². The number of carbonyl (C=O) groups excluding carboxylic acids is 2. The molecule has 3 heterocycles. The Labute approximate surface area is 162 Å². The number of ether oxygens (including phenoxy) is 1.